The van der Waals surface area contributed by atoms with Crippen molar-refractivity contribution in [1.29, 1.82) is 0 Å². The number of benzene rings is 3. The Morgan fingerprint density at radius 1 is 1.03 bits per heavy atom. The van der Waals surface area contributed by atoms with Crippen LogP contribution in [0, 0.1) is 6.92 Å². The highest BCUT2D eigenvalue weighted by molar-refractivity contribution is 7.93. The van der Waals surface area contributed by atoms with Gasteiger partial charge in [-0.1, -0.05) is 42.0 Å². The van der Waals surface area contributed by atoms with E-state index in [2.05, 4.69) is 5.32 Å². The molecule has 0 radical (unpaired) electrons. The van der Waals surface area contributed by atoms with Gasteiger partial charge in [0, 0.05) is 6.42 Å². The Balaban J connectivity index is 0.00000240. The van der Waals surface area contributed by atoms with E-state index in [4.69, 9.17) is 4.74 Å². The van der Waals surface area contributed by atoms with Crippen LogP contribution >= 0.6 is 12.4 Å². The first kappa shape index (κ1) is 21.4. The van der Waals surface area contributed by atoms with Crippen molar-refractivity contribution in [3.05, 3.63) is 66.2 Å². The number of nitrogens with one attached hydrogen (secondary N) is 1. The molecule has 1 atom stereocenters. The minimum absolute atomic E-state index is 0. The van der Waals surface area contributed by atoms with E-state index in [0.717, 1.165) is 22.9 Å². The van der Waals surface area contributed by atoms with Crippen LogP contribution in [0.4, 0.5) is 11.4 Å². The molecular weight excluding hydrogens is 408 g/mol. The molecule has 1 unspecified atom stereocenters. The number of fused-ring (bicyclic) bond motifs is 2. The second-order valence-electron chi connectivity index (χ2n) is 7.11. The third-order valence-corrected chi connectivity index (χ3v) is 6.94. The highest BCUT2D eigenvalue weighted by Crippen LogP contribution is 2.45. The van der Waals surface area contributed by atoms with Crippen molar-refractivity contribution in [1.82, 2.24) is 5.32 Å². The summed E-state index contributed by atoms with van der Waals surface area (Å²) in [4.78, 5) is 0. The molecule has 0 saturated carbocycles. The Morgan fingerprint density at radius 2 is 1.69 bits per heavy atom. The second-order valence-corrected chi connectivity index (χ2v) is 9.03. The Kier molecular flexibility index (Phi) is 6.36. The third kappa shape index (κ3) is 4.06. The van der Waals surface area contributed by atoms with E-state index >= 15 is 0 Å². The molecule has 0 bridgehead atoms. The maximum absolute atomic E-state index is 13.5. The summed E-state index contributed by atoms with van der Waals surface area (Å²) in [6, 6.07) is 19.3. The van der Waals surface area contributed by atoms with Gasteiger partial charge in [0.2, 0.25) is 5.44 Å². The van der Waals surface area contributed by atoms with Gasteiger partial charge in [-0.2, -0.15) is 0 Å². The highest BCUT2D eigenvalue weighted by Gasteiger charge is 2.41. The van der Waals surface area contributed by atoms with E-state index in [0.29, 0.717) is 30.0 Å². The molecule has 1 N–H and O–H groups in total. The van der Waals surface area contributed by atoms with Crippen LogP contribution < -0.4 is 14.4 Å². The van der Waals surface area contributed by atoms with Crippen LogP contribution in [0.25, 0.3) is 10.8 Å². The molecule has 4 rings (SSSR count). The lowest BCUT2D eigenvalue weighted by molar-refractivity contribution is 0.255. The number of hydrogen-bond acceptors (Lipinski definition) is 4. The first-order valence-electron chi connectivity index (χ1n) is 9.45. The van der Waals surface area contributed by atoms with E-state index in [9.17, 15) is 8.42 Å². The fourth-order valence-corrected chi connectivity index (χ4v) is 5.29. The molecule has 0 amide bonds. The monoisotopic (exact) mass is 432 g/mol. The molecule has 1 heterocycles. The average Bonchev–Trinajstić information content (AvgIpc) is 2.68. The zero-order valence-electron chi connectivity index (χ0n) is 16.5. The number of aryl methyl sites for hydroxylation is 1. The van der Waals surface area contributed by atoms with E-state index in [1.165, 1.54) is 4.31 Å². The maximum Gasteiger partial charge on any atom is 0.277 e. The van der Waals surface area contributed by atoms with Crippen LogP contribution in [-0.4, -0.2) is 27.4 Å². The van der Waals surface area contributed by atoms with Crippen LogP contribution in [0.2, 0.25) is 0 Å². The van der Waals surface area contributed by atoms with Crippen LogP contribution in [0.5, 0.6) is 5.75 Å². The fraction of sp³-hybridized carbons (Fsp3) is 0.273. The average molecular weight is 433 g/mol. The predicted octanol–water partition coefficient (Wildman–Crippen LogP) is 4.76. The van der Waals surface area contributed by atoms with Crippen LogP contribution in [0.1, 0.15) is 18.4 Å². The molecule has 0 aliphatic carbocycles. The zero-order valence-corrected chi connectivity index (χ0v) is 18.1. The number of rotatable bonds is 5. The van der Waals surface area contributed by atoms with Gasteiger partial charge in [0.05, 0.1) is 11.4 Å². The molecule has 7 heteroatoms. The summed E-state index contributed by atoms with van der Waals surface area (Å²) < 4.78 is 34.4. The first-order chi connectivity index (χ1) is 13.5. The largest absolute Gasteiger partial charge is 0.470 e. The van der Waals surface area contributed by atoms with Gasteiger partial charge < -0.3 is 10.1 Å². The number of anilines is 2. The molecule has 5 nitrogen and oxygen atoms in total. The fourth-order valence-electron chi connectivity index (χ4n) is 3.54. The summed E-state index contributed by atoms with van der Waals surface area (Å²) in [5.74, 6) is 0.601. The van der Waals surface area contributed by atoms with Crippen molar-refractivity contribution in [2.24, 2.45) is 0 Å². The van der Waals surface area contributed by atoms with Gasteiger partial charge in [-0.3, -0.25) is 0 Å². The molecule has 1 aliphatic rings. The summed E-state index contributed by atoms with van der Waals surface area (Å²) >= 11 is 0. The lowest BCUT2D eigenvalue weighted by atomic mass is 10.1. The molecule has 3 aromatic rings. The number of hydrogen-bond donors (Lipinski definition) is 1. The Hall–Kier alpha value is -2.28. The highest BCUT2D eigenvalue weighted by atomic mass is 35.5. The van der Waals surface area contributed by atoms with Crippen molar-refractivity contribution in [3.63, 3.8) is 0 Å². The number of ether oxygens (including phenoxy) is 1. The molecule has 1 aliphatic heterocycles. The molecule has 154 valence electrons. The Morgan fingerprint density at radius 3 is 2.34 bits per heavy atom. The van der Waals surface area contributed by atoms with Crippen molar-refractivity contribution in [2.45, 2.75) is 25.2 Å². The molecule has 0 aromatic heterocycles. The first-order valence-corrected chi connectivity index (χ1v) is 11.0. The summed E-state index contributed by atoms with van der Waals surface area (Å²) in [5, 5.41) is 5.07. The van der Waals surface area contributed by atoms with E-state index < -0.39 is 15.5 Å². The number of halogens is 1. The Bertz CT molecular complexity index is 1100. The van der Waals surface area contributed by atoms with Gasteiger partial charge in [0.15, 0.2) is 0 Å². The van der Waals surface area contributed by atoms with Crippen LogP contribution in [0.15, 0.2) is 60.7 Å². The van der Waals surface area contributed by atoms with Crippen LogP contribution in [-0.2, 0) is 10.0 Å². The smallest absolute Gasteiger partial charge is 0.277 e. The van der Waals surface area contributed by atoms with Crippen molar-refractivity contribution in [3.8, 4) is 5.75 Å². The molecule has 3 aromatic carbocycles. The van der Waals surface area contributed by atoms with Crippen molar-refractivity contribution < 1.29 is 13.2 Å². The summed E-state index contributed by atoms with van der Waals surface area (Å²) in [6.45, 7) is 2.73. The van der Waals surface area contributed by atoms with Gasteiger partial charge in [0.1, 0.15) is 5.75 Å². The SMILES string of the molecule is CNCCCC1Oc2cc3ccccc3cc2N(c2ccc(C)cc2)S1(=O)=O.Cl. The lowest BCUT2D eigenvalue weighted by Gasteiger charge is -2.36. The van der Waals surface area contributed by atoms with E-state index in [1.54, 1.807) is 0 Å². The molecule has 29 heavy (non-hydrogen) atoms. The standard InChI is InChI=1S/C22H24N2O3S.ClH/c1-16-9-11-19(12-10-16)24-20-14-17-6-3-4-7-18(17)15-21(20)27-22(28(24,25)26)8-5-13-23-2;/h3-4,6-7,9-12,14-15,22-23H,5,8,13H2,1-2H3;1H. The molecule has 0 fully saturated rings. The Labute approximate surface area is 178 Å². The molecule has 0 saturated heterocycles. The second kappa shape index (κ2) is 8.61. The van der Waals surface area contributed by atoms with Gasteiger partial charge >= 0.3 is 0 Å². The van der Waals surface area contributed by atoms with Crippen molar-refractivity contribution in [2.75, 3.05) is 17.9 Å². The van der Waals surface area contributed by atoms with Gasteiger partial charge in [-0.25, -0.2) is 12.7 Å². The quantitative estimate of drug-likeness (QED) is 0.591. The maximum atomic E-state index is 13.5. The third-order valence-electron chi connectivity index (χ3n) is 5.03. The normalized spacial score (nSPS) is 17.3. The summed E-state index contributed by atoms with van der Waals surface area (Å²) in [7, 11) is -1.85. The summed E-state index contributed by atoms with van der Waals surface area (Å²) in [5.41, 5.74) is 1.37. The van der Waals surface area contributed by atoms with Crippen LogP contribution in [0.3, 0.4) is 0 Å². The van der Waals surface area contributed by atoms with E-state index in [1.807, 2.05) is 74.6 Å². The lowest BCUT2D eigenvalue weighted by Crippen LogP contribution is -2.43. The van der Waals surface area contributed by atoms with Gasteiger partial charge in [-0.15, -0.1) is 12.4 Å². The number of nitrogens with zero attached hydrogens (tertiary/aromatic N) is 1. The van der Waals surface area contributed by atoms with E-state index in [-0.39, 0.29) is 12.4 Å². The van der Waals surface area contributed by atoms with Crippen molar-refractivity contribution >= 4 is 44.6 Å². The topological polar surface area (TPSA) is 58.6 Å². The van der Waals surface area contributed by atoms with Gasteiger partial charge in [-0.05, 0) is 62.0 Å². The minimum Gasteiger partial charge on any atom is -0.470 e. The number of sulfonamides is 1. The molecular formula is C22H25ClN2O3S. The predicted molar refractivity (Wildman–Crippen MR) is 121 cm³/mol. The minimum atomic E-state index is -3.71. The summed E-state index contributed by atoms with van der Waals surface area (Å²) in [6.07, 6.45) is 1.14. The molecule has 0 spiro atoms. The van der Waals surface area contributed by atoms with Gasteiger partial charge in [0.25, 0.3) is 10.0 Å². The zero-order chi connectivity index (χ0) is 19.7.